The van der Waals surface area contributed by atoms with Crippen LogP contribution in [0.4, 0.5) is 0 Å². The van der Waals surface area contributed by atoms with Gasteiger partial charge < -0.3 is 144 Å². The highest BCUT2D eigenvalue weighted by Gasteiger charge is 2.52. The van der Waals surface area contributed by atoms with Crippen LogP contribution in [0.5, 0.6) is 0 Å². The average Bonchev–Trinajstić information content (AvgIpc) is 3.37. The molecule has 6 heterocycles. The lowest BCUT2D eigenvalue weighted by atomic mass is 9.98. The molecule has 0 amide bonds. The monoisotopic (exact) mass is 1070 g/mol. The zero-order valence-electron chi connectivity index (χ0n) is 38.0. The van der Waals surface area contributed by atoms with E-state index in [2.05, 4.69) is 0 Å². The van der Waals surface area contributed by atoms with Gasteiger partial charge in [-0.2, -0.15) is 0 Å². The Bertz CT molecular complexity index is 1780. The first-order valence-electron chi connectivity index (χ1n) is 23.1. The second-order valence-corrected chi connectivity index (χ2v) is 19.4. The van der Waals surface area contributed by atoms with Gasteiger partial charge in [-0.1, -0.05) is 30.0 Å². The van der Waals surface area contributed by atoms with Crippen molar-refractivity contribution in [3.63, 3.8) is 0 Å². The molecule has 7 rings (SSSR count). The van der Waals surface area contributed by atoms with Crippen molar-refractivity contribution in [1.82, 2.24) is 0 Å². The molecule has 29 atom stereocenters. The van der Waals surface area contributed by atoms with E-state index in [0.717, 1.165) is 11.8 Å². The molecule has 0 radical (unpaired) electrons. The number of aliphatic hydroxyl groups excluding tert-OH is 18. The number of benzene rings is 1. The van der Waals surface area contributed by atoms with Crippen molar-refractivity contribution in [2.24, 2.45) is 0 Å². The predicted octanol–water partition coefficient (Wildman–Crippen LogP) is -10.3. The third kappa shape index (κ3) is 13.2. The van der Waals surface area contributed by atoms with E-state index in [4.69, 9.17) is 52.1 Å². The van der Waals surface area contributed by atoms with Crippen LogP contribution in [0.25, 0.3) is 0 Å². The standard InChI is InChI=1S/C42H66O29S/c43-7-16-22(46)27(51)32(56)38(66-16)63-9-18-23(47)29(53)34(58)40(69-18)65-11-20-25(49)30(54)35(59)41(70-20)64-10-19-24(48)28(52)33(57)39(68-19)62-8-17-14(44)6-15(45)37(67-17)61-12-21-26(50)31(55)36(60)42(71-21)72-13-4-2-1-3-5-13/h1-5,14-60H,6-12H2/t14?,15?,16?,17-,18?,19?,20?,21?,22?,23-,24-,25?,26-,27+,28?,29?,30+,31?,32?,33-,34-,35?,36-,37-,38-,39?,40?,41-,42?/m1/s1. The van der Waals surface area contributed by atoms with Gasteiger partial charge in [0.2, 0.25) is 0 Å². The van der Waals surface area contributed by atoms with Gasteiger partial charge in [0.05, 0.1) is 45.7 Å². The summed E-state index contributed by atoms with van der Waals surface area (Å²) in [6.07, 6.45) is -47.3. The summed E-state index contributed by atoms with van der Waals surface area (Å²) < 4.78 is 61.6. The number of hydrogen-bond donors (Lipinski definition) is 18. The maximum Gasteiger partial charge on any atom is 0.186 e. The minimum Gasteiger partial charge on any atom is -0.394 e. The molecule has 72 heavy (non-hydrogen) atoms. The zero-order chi connectivity index (χ0) is 52.3. The lowest BCUT2D eigenvalue weighted by Crippen LogP contribution is -2.63. The van der Waals surface area contributed by atoms with Crippen molar-refractivity contribution in [2.45, 2.75) is 189 Å². The molecule has 0 aromatic heterocycles. The van der Waals surface area contributed by atoms with Crippen molar-refractivity contribution in [2.75, 3.05) is 39.6 Å². The van der Waals surface area contributed by atoms with E-state index < -0.39 is 217 Å². The lowest BCUT2D eigenvalue weighted by Gasteiger charge is -2.44. The van der Waals surface area contributed by atoms with Gasteiger partial charge in [0, 0.05) is 11.3 Å². The Morgan fingerprint density at radius 2 is 0.667 bits per heavy atom. The SMILES string of the molecule is OCC1O[C@@H](OCC2OC(OCC3O[C@@H](OCC4OC(OC[C@H]5O[C@@H](OCC6OC(Sc7ccccc7)[C@H](O)C(O)[C@@H]6O)C(O)CC5O)[C@H](O)C(O)[C@@H]4O)C(O)[C@@H](O)C3O)[C@H](O)C(O)[C@@H]2O)C(O)[C@@H](O)C1O. The van der Waals surface area contributed by atoms with Gasteiger partial charge in [0.25, 0.3) is 0 Å². The fraction of sp³-hybridized carbons (Fsp3) is 0.857. The summed E-state index contributed by atoms with van der Waals surface area (Å²) in [5.41, 5.74) is -1.02. The second kappa shape index (κ2) is 25.7. The van der Waals surface area contributed by atoms with Crippen LogP contribution in [0, 0.1) is 0 Å². The highest BCUT2D eigenvalue weighted by Crippen LogP contribution is 2.35. The number of ether oxygens (including phenoxy) is 11. The Balaban J connectivity index is 0.895. The molecular weight excluding hydrogens is 1000 g/mol. The molecule has 6 aliphatic rings. The Kier molecular flexibility index (Phi) is 20.7. The van der Waals surface area contributed by atoms with E-state index >= 15 is 0 Å². The van der Waals surface area contributed by atoms with E-state index in [9.17, 15) is 91.9 Å². The summed E-state index contributed by atoms with van der Waals surface area (Å²) in [5, 5.41) is 189. The van der Waals surface area contributed by atoms with Gasteiger partial charge in [0.1, 0.15) is 140 Å². The summed E-state index contributed by atoms with van der Waals surface area (Å²) in [6, 6.07) is 8.83. The van der Waals surface area contributed by atoms with Gasteiger partial charge in [-0.15, -0.1) is 0 Å². The Morgan fingerprint density at radius 3 is 1.07 bits per heavy atom. The molecule has 1 aromatic carbocycles. The zero-order valence-corrected chi connectivity index (χ0v) is 38.8. The van der Waals surface area contributed by atoms with Crippen LogP contribution in [-0.4, -0.2) is 309 Å². The lowest BCUT2D eigenvalue weighted by molar-refractivity contribution is -0.349. The summed E-state index contributed by atoms with van der Waals surface area (Å²) in [6.45, 7) is -3.98. The summed E-state index contributed by atoms with van der Waals surface area (Å²) in [4.78, 5) is 0.706. The van der Waals surface area contributed by atoms with Gasteiger partial charge in [-0.3, -0.25) is 0 Å². The first kappa shape index (κ1) is 58.1. The highest BCUT2D eigenvalue weighted by molar-refractivity contribution is 7.99. The molecule has 6 fully saturated rings. The van der Waals surface area contributed by atoms with Gasteiger partial charge in [0.15, 0.2) is 31.5 Å². The van der Waals surface area contributed by atoms with Crippen LogP contribution in [0.2, 0.25) is 0 Å². The van der Waals surface area contributed by atoms with Gasteiger partial charge in [-0.25, -0.2) is 0 Å². The molecule has 414 valence electrons. The van der Waals surface area contributed by atoms with Crippen LogP contribution in [-0.2, 0) is 52.1 Å². The number of rotatable bonds is 18. The topological polar surface area (TPSA) is 466 Å². The predicted molar refractivity (Wildman–Crippen MR) is 228 cm³/mol. The van der Waals surface area contributed by atoms with E-state index in [1.165, 1.54) is 0 Å². The molecule has 18 N–H and O–H groups in total. The maximum absolute atomic E-state index is 10.8. The molecule has 30 heteroatoms. The first-order chi connectivity index (χ1) is 34.2. The highest BCUT2D eigenvalue weighted by atomic mass is 32.2. The molecule has 6 aliphatic heterocycles. The summed E-state index contributed by atoms with van der Waals surface area (Å²) in [7, 11) is 0. The molecule has 1 aromatic rings. The van der Waals surface area contributed by atoms with E-state index in [1.807, 2.05) is 0 Å². The van der Waals surface area contributed by atoms with Crippen molar-refractivity contribution in [3.05, 3.63) is 30.3 Å². The van der Waals surface area contributed by atoms with Gasteiger partial charge >= 0.3 is 0 Å². The largest absolute Gasteiger partial charge is 0.394 e. The molecular formula is C42H66O29S. The smallest absolute Gasteiger partial charge is 0.186 e. The Hall–Kier alpha value is -1.59. The molecule has 0 spiro atoms. The number of thioether (sulfide) groups is 1. The van der Waals surface area contributed by atoms with Crippen LogP contribution in [0.3, 0.4) is 0 Å². The fourth-order valence-corrected chi connectivity index (χ4v) is 9.76. The molecule has 0 saturated carbocycles. The maximum atomic E-state index is 10.8. The molecule has 6 saturated heterocycles. The van der Waals surface area contributed by atoms with Crippen LogP contribution >= 0.6 is 11.8 Å². The summed E-state index contributed by atoms with van der Waals surface area (Å²) in [5.74, 6) is 0. The van der Waals surface area contributed by atoms with E-state index in [1.54, 1.807) is 30.3 Å². The van der Waals surface area contributed by atoms with Crippen molar-refractivity contribution in [3.8, 4) is 0 Å². The first-order valence-corrected chi connectivity index (χ1v) is 24.0. The summed E-state index contributed by atoms with van der Waals surface area (Å²) >= 11 is 1.10. The van der Waals surface area contributed by atoms with Crippen LogP contribution in [0.15, 0.2) is 35.2 Å². The molecule has 0 bridgehead atoms. The van der Waals surface area contributed by atoms with Crippen molar-refractivity contribution < 1.29 is 144 Å². The second-order valence-electron chi connectivity index (χ2n) is 18.3. The van der Waals surface area contributed by atoms with Gasteiger partial charge in [-0.05, 0) is 12.1 Å². The molecule has 17 unspecified atom stereocenters. The third-order valence-electron chi connectivity index (χ3n) is 13.2. The number of hydrogen-bond acceptors (Lipinski definition) is 30. The number of aliphatic hydroxyl groups is 18. The normalized spacial score (nSPS) is 49.4. The quantitative estimate of drug-likeness (QED) is 0.0649. The minimum atomic E-state index is -1.98. The Morgan fingerprint density at radius 1 is 0.347 bits per heavy atom. The van der Waals surface area contributed by atoms with Crippen LogP contribution in [0.1, 0.15) is 6.42 Å². The fourth-order valence-electron chi connectivity index (χ4n) is 8.68. The van der Waals surface area contributed by atoms with E-state index in [0.29, 0.717) is 4.90 Å². The average molecular weight is 1070 g/mol. The minimum absolute atomic E-state index is 0.313. The van der Waals surface area contributed by atoms with E-state index in [-0.39, 0.29) is 6.42 Å². The van der Waals surface area contributed by atoms with Crippen molar-refractivity contribution >= 4 is 11.8 Å². The van der Waals surface area contributed by atoms with Crippen LogP contribution < -0.4 is 0 Å². The van der Waals surface area contributed by atoms with Crippen molar-refractivity contribution in [1.29, 1.82) is 0 Å². The molecule has 0 aliphatic carbocycles. The Labute approximate surface area is 413 Å². The molecule has 29 nitrogen and oxygen atoms in total. The third-order valence-corrected chi connectivity index (χ3v) is 14.3.